The number of hydrogen-bond donors (Lipinski definition) is 2. The van der Waals surface area contributed by atoms with Crippen LogP contribution in [0, 0.1) is 0 Å². The molecule has 0 saturated heterocycles. The predicted molar refractivity (Wildman–Crippen MR) is 82.4 cm³/mol. The van der Waals surface area contributed by atoms with Crippen molar-refractivity contribution in [1.82, 2.24) is 10.6 Å². The maximum atomic E-state index is 3.55. The molecule has 102 valence electrons. The van der Waals surface area contributed by atoms with Gasteiger partial charge in [-0.15, -0.1) is 0 Å². The average Bonchev–Trinajstić information content (AvgIpc) is 3.08. The van der Waals surface area contributed by atoms with Crippen molar-refractivity contribution in [3.63, 3.8) is 0 Å². The zero-order chi connectivity index (χ0) is 13.5. The van der Waals surface area contributed by atoms with Gasteiger partial charge in [0.1, 0.15) is 0 Å². The maximum absolute atomic E-state index is 3.55. The highest BCUT2D eigenvalue weighted by molar-refractivity contribution is 5.54. The van der Waals surface area contributed by atoms with E-state index in [2.05, 4.69) is 66.4 Å². The second-order valence-electron chi connectivity index (χ2n) is 5.86. The first kappa shape index (κ1) is 12.0. The molecule has 0 bridgehead atoms. The van der Waals surface area contributed by atoms with Gasteiger partial charge >= 0.3 is 0 Å². The Balaban J connectivity index is 1.74. The van der Waals surface area contributed by atoms with Crippen LogP contribution in [0.25, 0.3) is 0 Å². The van der Waals surface area contributed by atoms with Crippen LogP contribution in [0.1, 0.15) is 35.9 Å². The molecular weight excluding hydrogens is 244 g/mol. The fourth-order valence-corrected chi connectivity index (χ4v) is 3.86. The second kappa shape index (κ2) is 4.64. The Morgan fingerprint density at radius 3 is 2.85 bits per heavy atom. The minimum absolute atomic E-state index is 0.482. The van der Waals surface area contributed by atoms with Crippen molar-refractivity contribution >= 4 is 0 Å². The molecule has 2 N–H and O–H groups in total. The Morgan fingerprint density at radius 1 is 1.15 bits per heavy atom. The molecule has 0 fully saturated rings. The summed E-state index contributed by atoms with van der Waals surface area (Å²) in [6.07, 6.45) is 11.3. The molecule has 0 saturated carbocycles. The number of hydrogen-bond acceptors (Lipinski definition) is 2. The van der Waals surface area contributed by atoms with E-state index >= 15 is 0 Å². The van der Waals surface area contributed by atoms with Gasteiger partial charge in [0.2, 0.25) is 0 Å². The largest absolute Gasteiger partial charge is 0.384 e. The first-order valence-corrected chi connectivity index (χ1v) is 7.48. The van der Waals surface area contributed by atoms with Crippen molar-refractivity contribution in [2.45, 2.75) is 30.8 Å². The van der Waals surface area contributed by atoms with Crippen LogP contribution >= 0.6 is 0 Å². The number of rotatable bonds is 2. The minimum atomic E-state index is 0.482. The van der Waals surface area contributed by atoms with Gasteiger partial charge in [-0.05, 0) is 42.2 Å². The van der Waals surface area contributed by atoms with Crippen LogP contribution in [0.3, 0.4) is 0 Å². The molecule has 2 aliphatic carbocycles. The number of nitrogens with one attached hydrogen (secondary N) is 2. The standard InChI is InChI=1S/C18H20N2/c1-19-18-10-15(12-6-2-3-7-13(12)18)16-11-20-17-9-5-4-8-14(16)17/h2-8,11,15,17-20H,9-10H2,1H3/t15-,17?,18+/m1/s1. The van der Waals surface area contributed by atoms with Gasteiger partial charge in [0.15, 0.2) is 0 Å². The lowest BCUT2D eigenvalue weighted by Gasteiger charge is -2.20. The Hall–Kier alpha value is -1.80. The Labute approximate surface area is 120 Å². The molecule has 20 heavy (non-hydrogen) atoms. The van der Waals surface area contributed by atoms with Crippen molar-refractivity contribution in [2.75, 3.05) is 7.05 Å². The molecule has 1 aromatic carbocycles. The van der Waals surface area contributed by atoms with Crippen LogP contribution in [-0.4, -0.2) is 13.1 Å². The van der Waals surface area contributed by atoms with E-state index in [4.69, 9.17) is 0 Å². The van der Waals surface area contributed by atoms with Crippen LogP contribution in [0.2, 0.25) is 0 Å². The van der Waals surface area contributed by atoms with Gasteiger partial charge < -0.3 is 10.6 Å². The van der Waals surface area contributed by atoms with Gasteiger partial charge in [-0.2, -0.15) is 0 Å². The average molecular weight is 264 g/mol. The molecule has 3 atom stereocenters. The SMILES string of the molecule is CN[C@H]1C[C@@H](C2=CNC3CC=CC=C23)c2ccccc21. The fraction of sp³-hybridized carbons (Fsp3) is 0.333. The van der Waals surface area contributed by atoms with E-state index in [-0.39, 0.29) is 0 Å². The van der Waals surface area contributed by atoms with Crippen molar-refractivity contribution in [3.8, 4) is 0 Å². The van der Waals surface area contributed by atoms with E-state index in [0.717, 1.165) is 12.8 Å². The molecular formula is C18H20N2. The number of fused-ring (bicyclic) bond motifs is 2. The van der Waals surface area contributed by atoms with Crippen LogP contribution < -0.4 is 10.6 Å². The lowest BCUT2D eigenvalue weighted by Crippen LogP contribution is -2.21. The summed E-state index contributed by atoms with van der Waals surface area (Å²) in [6.45, 7) is 0. The fourth-order valence-electron chi connectivity index (χ4n) is 3.86. The van der Waals surface area contributed by atoms with Gasteiger partial charge in [0, 0.05) is 18.2 Å². The zero-order valence-electron chi connectivity index (χ0n) is 11.8. The van der Waals surface area contributed by atoms with Crippen molar-refractivity contribution in [3.05, 3.63) is 71.0 Å². The van der Waals surface area contributed by atoms with Crippen LogP contribution in [0.5, 0.6) is 0 Å². The normalized spacial score (nSPS) is 30.4. The summed E-state index contributed by atoms with van der Waals surface area (Å²) in [4.78, 5) is 0. The van der Waals surface area contributed by atoms with Gasteiger partial charge in [-0.25, -0.2) is 0 Å². The molecule has 2 nitrogen and oxygen atoms in total. The molecule has 0 spiro atoms. The molecule has 2 heteroatoms. The summed E-state index contributed by atoms with van der Waals surface area (Å²) in [6, 6.07) is 9.86. The summed E-state index contributed by atoms with van der Waals surface area (Å²) < 4.78 is 0. The Morgan fingerprint density at radius 2 is 2.00 bits per heavy atom. The maximum Gasteiger partial charge on any atom is 0.0546 e. The molecule has 1 aromatic rings. The van der Waals surface area contributed by atoms with Gasteiger partial charge in [0.05, 0.1) is 6.04 Å². The van der Waals surface area contributed by atoms with Crippen molar-refractivity contribution < 1.29 is 0 Å². The highest BCUT2D eigenvalue weighted by Gasteiger charge is 2.36. The molecule has 1 unspecified atom stereocenters. The van der Waals surface area contributed by atoms with Crippen LogP contribution in [0.15, 0.2) is 59.8 Å². The summed E-state index contributed by atoms with van der Waals surface area (Å²) in [5, 5.41) is 7.01. The summed E-state index contributed by atoms with van der Waals surface area (Å²) in [7, 11) is 2.07. The van der Waals surface area contributed by atoms with E-state index in [9.17, 15) is 0 Å². The molecule has 0 radical (unpaired) electrons. The van der Waals surface area contributed by atoms with Crippen LogP contribution in [-0.2, 0) is 0 Å². The molecule has 1 heterocycles. The smallest absolute Gasteiger partial charge is 0.0546 e. The third-order valence-corrected chi connectivity index (χ3v) is 4.87. The van der Waals surface area contributed by atoms with Gasteiger partial charge in [-0.1, -0.05) is 42.5 Å². The van der Waals surface area contributed by atoms with E-state index in [1.54, 1.807) is 0 Å². The molecule has 1 aliphatic heterocycles. The molecule has 0 amide bonds. The zero-order valence-corrected chi connectivity index (χ0v) is 11.8. The third kappa shape index (κ3) is 1.68. The molecule has 0 aromatic heterocycles. The Kier molecular flexibility index (Phi) is 2.78. The number of benzene rings is 1. The van der Waals surface area contributed by atoms with E-state index in [1.165, 1.54) is 22.3 Å². The lowest BCUT2D eigenvalue weighted by atomic mass is 9.85. The minimum Gasteiger partial charge on any atom is -0.384 e. The van der Waals surface area contributed by atoms with Crippen molar-refractivity contribution in [1.29, 1.82) is 0 Å². The highest BCUT2D eigenvalue weighted by Crippen LogP contribution is 2.47. The van der Waals surface area contributed by atoms with E-state index < -0.39 is 0 Å². The first-order chi connectivity index (χ1) is 9.88. The second-order valence-corrected chi connectivity index (χ2v) is 5.86. The summed E-state index contributed by atoms with van der Waals surface area (Å²) >= 11 is 0. The monoisotopic (exact) mass is 264 g/mol. The lowest BCUT2D eigenvalue weighted by molar-refractivity contribution is 0.562. The quantitative estimate of drug-likeness (QED) is 0.857. The molecule has 3 aliphatic rings. The first-order valence-electron chi connectivity index (χ1n) is 7.48. The topological polar surface area (TPSA) is 24.1 Å². The van der Waals surface area contributed by atoms with E-state index in [1.807, 2.05) is 0 Å². The van der Waals surface area contributed by atoms with Gasteiger partial charge in [-0.3, -0.25) is 0 Å². The summed E-state index contributed by atoms with van der Waals surface area (Å²) in [5.74, 6) is 0.527. The summed E-state index contributed by atoms with van der Waals surface area (Å²) in [5.41, 5.74) is 5.95. The predicted octanol–water partition coefficient (Wildman–Crippen LogP) is 3.18. The third-order valence-electron chi connectivity index (χ3n) is 4.87. The van der Waals surface area contributed by atoms with Crippen LogP contribution in [0.4, 0.5) is 0 Å². The number of allylic oxidation sites excluding steroid dienone is 2. The van der Waals surface area contributed by atoms with E-state index in [0.29, 0.717) is 18.0 Å². The molecule has 4 rings (SSSR count). The highest BCUT2D eigenvalue weighted by atomic mass is 14.9. The van der Waals surface area contributed by atoms with Gasteiger partial charge in [0.25, 0.3) is 0 Å². The van der Waals surface area contributed by atoms with Crippen molar-refractivity contribution in [2.24, 2.45) is 0 Å². The Bertz CT molecular complexity index is 624.